The summed E-state index contributed by atoms with van der Waals surface area (Å²) < 4.78 is 87.8. The lowest BCUT2D eigenvalue weighted by Gasteiger charge is -2.41. The van der Waals surface area contributed by atoms with Gasteiger partial charge in [-0.05, 0) is 80.4 Å². The molecule has 2 aliphatic heterocycles. The van der Waals surface area contributed by atoms with Gasteiger partial charge in [-0.2, -0.15) is 23.3 Å². The number of benzene rings is 1. The highest BCUT2D eigenvalue weighted by atomic mass is 79.9. The molecule has 1 atom stereocenters. The molecule has 306 valence electrons. The molecule has 3 N–H and O–H groups in total. The number of amides is 1. The van der Waals surface area contributed by atoms with Crippen LogP contribution in [0.1, 0.15) is 56.2 Å². The van der Waals surface area contributed by atoms with Gasteiger partial charge in [-0.3, -0.25) is 14.0 Å². The van der Waals surface area contributed by atoms with E-state index in [1.165, 1.54) is 25.2 Å². The van der Waals surface area contributed by atoms with Crippen LogP contribution in [0.15, 0.2) is 53.5 Å². The molecule has 1 unspecified atom stereocenters. The molecule has 1 amide bonds. The van der Waals surface area contributed by atoms with Gasteiger partial charge in [0.1, 0.15) is 16.0 Å². The average molecular weight is 900 g/mol. The van der Waals surface area contributed by atoms with Gasteiger partial charge in [0.25, 0.3) is 5.91 Å². The molecule has 1 aromatic carbocycles. The molecule has 57 heavy (non-hydrogen) atoms. The molecule has 0 aliphatic carbocycles. The Balaban J connectivity index is 1.14. The highest BCUT2D eigenvalue weighted by Gasteiger charge is 2.52. The fourth-order valence-electron chi connectivity index (χ4n) is 5.88. The largest absolute Gasteiger partial charge is 0.498 e. The van der Waals surface area contributed by atoms with Crippen LogP contribution in [0.25, 0.3) is 0 Å². The highest BCUT2D eigenvalue weighted by molar-refractivity contribution is 9.10. The van der Waals surface area contributed by atoms with Gasteiger partial charge in [-0.25, -0.2) is 9.97 Å². The van der Waals surface area contributed by atoms with Crippen LogP contribution in [0.2, 0.25) is 5.02 Å². The number of pyridine rings is 1. The third kappa shape index (κ3) is 9.82. The molecule has 0 bridgehead atoms. The van der Waals surface area contributed by atoms with Crippen molar-refractivity contribution in [2.45, 2.75) is 64.7 Å². The molecule has 3 aromatic heterocycles. The van der Waals surface area contributed by atoms with Crippen LogP contribution in [-0.2, 0) is 46.5 Å². The van der Waals surface area contributed by atoms with Crippen LogP contribution in [-0.4, -0.2) is 82.4 Å². The van der Waals surface area contributed by atoms with E-state index in [0.717, 1.165) is 5.46 Å². The number of nitrogens with zero attached hydrogens (tertiary/aromatic N) is 5. The first kappa shape index (κ1) is 43.0. The number of ether oxygens (including phenoxy) is 1. The fourth-order valence-corrected chi connectivity index (χ4v) is 8.21. The number of aromatic nitrogens is 5. The van der Waals surface area contributed by atoms with E-state index in [2.05, 4.69) is 51.9 Å². The van der Waals surface area contributed by atoms with Crippen LogP contribution in [0.3, 0.4) is 0 Å². The third-order valence-corrected chi connectivity index (χ3v) is 12.4. The van der Waals surface area contributed by atoms with E-state index in [1.54, 1.807) is 29.9 Å². The summed E-state index contributed by atoms with van der Waals surface area (Å²) in [5, 5.41) is 12.4. The Kier molecular flexibility index (Phi) is 12.5. The maximum atomic E-state index is 14.1. The zero-order valence-electron chi connectivity index (χ0n) is 31.9. The predicted octanol–water partition coefficient (Wildman–Crippen LogP) is 7.11. The molecular weight excluding hydrogens is 859 g/mol. The number of hydrogen-bond acceptors (Lipinski definition) is 13. The van der Waals surface area contributed by atoms with E-state index in [9.17, 15) is 22.5 Å². The minimum Gasteiger partial charge on any atom is -0.399 e. The van der Waals surface area contributed by atoms with E-state index < -0.39 is 54.8 Å². The van der Waals surface area contributed by atoms with Crippen LogP contribution in [0.4, 0.5) is 36.3 Å². The number of alkyl halides is 3. The average Bonchev–Trinajstić information content (AvgIpc) is 3.67. The van der Waals surface area contributed by atoms with E-state index in [0.29, 0.717) is 36.1 Å². The number of hydrogen-bond donors (Lipinski definition) is 3. The van der Waals surface area contributed by atoms with Crippen molar-refractivity contribution in [3.8, 4) is 0 Å². The van der Waals surface area contributed by atoms with Crippen molar-refractivity contribution in [3.05, 3.63) is 75.4 Å². The summed E-state index contributed by atoms with van der Waals surface area (Å²) in [5.41, 5.74) is -1.36. The number of anilines is 4. The lowest BCUT2D eigenvalue weighted by atomic mass is 9.82. The summed E-state index contributed by atoms with van der Waals surface area (Å²) in [4.78, 5) is 24.4. The number of nitrogens with one attached hydrogen (secondary N) is 3. The lowest BCUT2D eigenvalue weighted by molar-refractivity contribution is -0.142. The number of carbonyl (C=O) groups excluding carboxylic acids is 1. The van der Waals surface area contributed by atoms with Gasteiger partial charge in [0.2, 0.25) is 5.95 Å². The quantitative estimate of drug-likeness (QED) is 0.0627. The second-order valence-corrected chi connectivity index (χ2v) is 17.9. The molecule has 4 aromatic rings. The lowest BCUT2D eigenvalue weighted by Crippen LogP contribution is -2.49. The topological polar surface area (TPSA) is 173 Å². The van der Waals surface area contributed by atoms with Crippen molar-refractivity contribution in [3.63, 3.8) is 0 Å². The summed E-state index contributed by atoms with van der Waals surface area (Å²) in [6.07, 6.45) is -0.791. The van der Waals surface area contributed by atoms with Crippen molar-refractivity contribution >= 4 is 76.8 Å². The first-order valence-corrected chi connectivity index (χ1v) is 20.6. The molecule has 2 saturated heterocycles. The van der Waals surface area contributed by atoms with Crippen molar-refractivity contribution in [1.82, 2.24) is 30.0 Å². The fraction of sp³-hybridized carbons (Fsp3) is 0.457. The highest BCUT2D eigenvalue weighted by Crippen LogP contribution is 2.53. The second-order valence-electron chi connectivity index (χ2n) is 14.6. The Morgan fingerprint density at radius 2 is 1.75 bits per heavy atom. The number of rotatable bonds is 15. The first-order chi connectivity index (χ1) is 26.7. The molecule has 0 radical (unpaired) electrons. The van der Waals surface area contributed by atoms with Crippen molar-refractivity contribution in [2.75, 3.05) is 44.1 Å². The summed E-state index contributed by atoms with van der Waals surface area (Å²) in [5.74, 6) is -1.50. The Labute approximate surface area is 340 Å². The molecule has 2 aliphatic rings. The maximum Gasteiger partial charge on any atom is 0.498 e. The Hall–Kier alpha value is -3.62. The van der Waals surface area contributed by atoms with Gasteiger partial charge in [0.05, 0.1) is 72.1 Å². The van der Waals surface area contributed by atoms with Crippen LogP contribution in [0, 0.1) is 5.41 Å². The summed E-state index contributed by atoms with van der Waals surface area (Å²) in [7, 11) is -2.93. The van der Waals surface area contributed by atoms with Crippen molar-refractivity contribution in [1.29, 1.82) is 0 Å². The van der Waals surface area contributed by atoms with Crippen molar-refractivity contribution < 1.29 is 45.6 Å². The summed E-state index contributed by atoms with van der Waals surface area (Å²) in [6.45, 7) is 10.9. The predicted molar refractivity (Wildman–Crippen MR) is 210 cm³/mol. The Bertz CT molecular complexity index is 2160. The molecule has 15 nitrogen and oxygen atoms in total. The molecule has 0 saturated carbocycles. The van der Waals surface area contributed by atoms with E-state index in [-0.39, 0.29) is 47.4 Å². The van der Waals surface area contributed by atoms with E-state index in [1.807, 2.05) is 33.9 Å². The van der Waals surface area contributed by atoms with Gasteiger partial charge >= 0.3 is 20.9 Å². The Morgan fingerprint density at radius 1 is 1.05 bits per heavy atom. The minimum atomic E-state index is -4.84. The van der Waals surface area contributed by atoms with Gasteiger partial charge < -0.3 is 39.0 Å². The number of carbonyl (C=O) groups is 1. The molecule has 6 rings (SSSR count). The van der Waals surface area contributed by atoms with Crippen LogP contribution < -0.4 is 21.4 Å². The zero-order valence-corrected chi connectivity index (χ0v) is 35.1. The summed E-state index contributed by atoms with van der Waals surface area (Å²) in [6, 6.07) is 7.54. The van der Waals surface area contributed by atoms with E-state index in [4.69, 9.17) is 34.7 Å². The van der Waals surface area contributed by atoms with Gasteiger partial charge in [0, 0.05) is 31.1 Å². The minimum absolute atomic E-state index is 0.0276. The zero-order chi connectivity index (χ0) is 41.4. The van der Waals surface area contributed by atoms with Gasteiger partial charge in [0.15, 0.2) is 5.69 Å². The smallest absolute Gasteiger partial charge is 0.399 e. The van der Waals surface area contributed by atoms with Crippen molar-refractivity contribution in [2.24, 2.45) is 5.41 Å². The molecular formula is C35H41BBrClF3N8O7P. The van der Waals surface area contributed by atoms with E-state index >= 15 is 0 Å². The SMILES string of the molecule is CCOP(=O)(Cc1ccc(Nc2ncc(C(F)(F)F)c(Nc3ccc(Br)nc3C(=O)NC)n2)c(Cl)c1)OCC1(Cn2cc(B3OC(C)(C)C(C)(C)O3)cn2)COC1. The second kappa shape index (κ2) is 16.6. The van der Waals surface area contributed by atoms with Gasteiger partial charge in [-0.1, -0.05) is 17.7 Å². The first-order valence-electron chi connectivity index (χ1n) is 17.7. The maximum absolute atomic E-state index is 14.1. The normalized spacial score (nSPS) is 18.1. The van der Waals surface area contributed by atoms with Gasteiger partial charge in [-0.15, -0.1) is 0 Å². The molecule has 2 fully saturated rings. The monoisotopic (exact) mass is 898 g/mol. The van der Waals surface area contributed by atoms with Crippen LogP contribution in [0.5, 0.6) is 0 Å². The summed E-state index contributed by atoms with van der Waals surface area (Å²) >= 11 is 9.78. The van der Waals surface area contributed by atoms with Crippen LogP contribution >= 0.6 is 35.1 Å². The third-order valence-electron chi connectivity index (χ3n) is 9.69. The molecule has 22 heteroatoms. The molecule has 0 spiro atoms. The molecule has 5 heterocycles. The standard InChI is InChI=1S/C35H41BBrClF3N8O7P/c1-7-53-57(51,54-20-34(18-52-19-34)17-49-15-22(13-44-49)36-55-32(2,3)33(4,5)56-36)16-21-8-9-25(24(38)12-21)46-31-43-14-23(35(39,40)41)29(48-31)45-26-10-11-27(37)47-28(26)30(50)42-6/h8-15H,7,16-20H2,1-6H3,(H,42,50)(H2,43,45,46,48). The number of halogens is 5. The Morgan fingerprint density at radius 3 is 2.37 bits per heavy atom.